The zero-order valence-corrected chi connectivity index (χ0v) is 14.9. The second kappa shape index (κ2) is 8.56. The van der Waals surface area contributed by atoms with Crippen molar-refractivity contribution in [2.45, 2.75) is 25.8 Å². The minimum atomic E-state index is -0.0241. The SMILES string of the molecule is CN(Cc1ccc(N2CCCCC2)cc1)C(=O)COc1ccccc1. The molecule has 3 rings (SSSR count). The van der Waals surface area contributed by atoms with Gasteiger partial charge in [0.1, 0.15) is 5.75 Å². The molecule has 132 valence electrons. The predicted octanol–water partition coefficient (Wildman–Crippen LogP) is 3.71. The molecule has 2 aromatic rings. The first-order valence-electron chi connectivity index (χ1n) is 8.98. The Bertz CT molecular complexity index is 664. The van der Waals surface area contributed by atoms with Crippen molar-refractivity contribution >= 4 is 11.6 Å². The number of rotatable bonds is 6. The van der Waals surface area contributed by atoms with E-state index in [1.807, 2.05) is 37.4 Å². The molecule has 2 aromatic carbocycles. The van der Waals surface area contributed by atoms with Crippen molar-refractivity contribution < 1.29 is 9.53 Å². The first-order chi connectivity index (χ1) is 12.2. The van der Waals surface area contributed by atoms with E-state index in [1.165, 1.54) is 24.9 Å². The molecule has 1 amide bonds. The third kappa shape index (κ3) is 4.99. The molecule has 1 aliphatic heterocycles. The van der Waals surface area contributed by atoms with Crippen molar-refractivity contribution in [3.05, 3.63) is 60.2 Å². The lowest BCUT2D eigenvalue weighted by Gasteiger charge is -2.29. The van der Waals surface area contributed by atoms with Gasteiger partial charge < -0.3 is 14.5 Å². The van der Waals surface area contributed by atoms with Crippen LogP contribution >= 0.6 is 0 Å². The molecule has 0 aliphatic carbocycles. The number of para-hydroxylation sites is 1. The normalized spacial score (nSPS) is 14.2. The number of carbonyl (C=O) groups excluding carboxylic acids is 1. The molecule has 0 atom stereocenters. The summed E-state index contributed by atoms with van der Waals surface area (Å²) in [6.45, 7) is 2.95. The van der Waals surface area contributed by atoms with Crippen LogP contribution in [0.4, 0.5) is 5.69 Å². The zero-order valence-electron chi connectivity index (χ0n) is 14.9. The quantitative estimate of drug-likeness (QED) is 0.805. The summed E-state index contributed by atoms with van der Waals surface area (Å²) in [5, 5.41) is 0. The lowest BCUT2D eigenvalue weighted by Crippen LogP contribution is -2.31. The van der Waals surface area contributed by atoms with Gasteiger partial charge in [-0.1, -0.05) is 30.3 Å². The molecule has 0 unspecified atom stereocenters. The lowest BCUT2D eigenvalue weighted by molar-refractivity contribution is -0.132. The van der Waals surface area contributed by atoms with Crippen LogP contribution in [0.3, 0.4) is 0 Å². The van der Waals surface area contributed by atoms with Crippen molar-refractivity contribution in [1.82, 2.24) is 4.90 Å². The van der Waals surface area contributed by atoms with Gasteiger partial charge >= 0.3 is 0 Å². The van der Waals surface area contributed by atoms with Gasteiger partial charge in [-0.15, -0.1) is 0 Å². The van der Waals surface area contributed by atoms with Crippen molar-refractivity contribution in [1.29, 1.82) is 0 Å². The van der Waals surface area contributed by atoms with Gasteiger partial charge in [0.25, 0.3) is 5.91 Å². The van der Waals surface area contributed by atoms with E-state index in [0.29, 0.717) is 6.54 Å². The molecule has 1 fully saturated rings. The van der Waals surface area contributed by atoms with Gasteiger partial charge in [0.2, 0.25) is 0 Å². The third-order valence-corrected chi connectivity index (χ3v) is 4.61. The van der Waals surface area contributed by atoms with Crippen molar-refractivity contribution in [2.24, 2.45) is 0 Å². The fraction of sp³-hybridized carbons (Fsp3) is 0.381. The van der Waals surface area contributed by atoms with E-state index < -0.39 is 0 Å². The van der Waals surface area contributed by atoms with E-state index in [2.05, 4.69) is 29.2 Å². The largest absolute Gasteiger partial charge is 0.484 e. The van der Waals surface area contributed by atoms with Gasteiger partial charge in [-0.25, -0.2) is 0 Å². The van der Waals surface area contributed by atoms with Gasteiger partial charge in [0.15, 0.2) is 6.61 Å². The van der Waals surface area contributed by atoms with E-state index in [1.54, 1.807) is 4.90 Å². The summed E-state index contributed by atoms with van der Waals surface area (Å²) in [4.78, 5) is 16.4. The van der Waals surface area contributed by atoms with E-state index in [0.717, 1.165) is 24.4 Å². The highest BCUT2D eigenvalue weighted by Gasteiger charge is 2.12. The van der Waals surface area contributed by atoms with Gasteiger partial charge in [-0.2, -0.15) is 0 Å². The Balaban J connectivity index is 1.49. The van der Waals surface area contributed by atoms with Crippen LogP contribution in [0.1, 0.15) is 24.8 Å². The maximum absolute atomic E-state index is 12.2. The second-order valence-corrected chi connectivity index (χ2v) is 6.57. The Kier molecular flexibility index (Phi) is 5.94. The number of anilines is 1. The Morgan fingerprint density at radius 3 is 2.36 bits per heavy atom. The molecule has 0 spiro atoms. The first kappa shape index (κ1) is 17.3. The Labute approximate surface area is 150 Å². The van der Waals surface area contributed by atoms with Crippen LogP contribution in [0.25, 0.3) is 0 Å². The molecule has 4 nitrogen and oxygen atoms in total. The van der Waals surface area contributed by atoms with E-state index >= 15 is 0 Å². The number of hydrogen-bond donors (Lipinski definition) is 0. The van der Waals surface area contributed by atoms with E-state index in [-0.39, 0.29) is 12.5 Å². The summed E-state index contributed by atoms with van der Waals surface area (Å²) >= 11 is 0. The summed E-state index contributed by atoms with van der Waals surface area (Å²) in [5.74, 6) is 0.694. The highest BCUT2D eigenvalue weighted by Crippen LogP contribution is 2.20. The van der Waals surface area contributed by atoms with Crippen LogP contribution in [0.2, 0.25) is 0 Å². The smallest absolute Gasteiger partial charge is 0.260 e. The van der Waals surface area contributed by atoms with Crippen molar-refractivity contribution in [3.8, 4) is 5.75 Å². The van der Waals surface area contributed by atoms with Crippen LogP contribution in [-0.2, 0) is 11.3 Å². The highest BCUT2D eigenvalue weighted by atomic mass is 16.5. The summed E-state index contributed by atoms with van der Waals surface area (Å²) in [5.41, 5.74) is 2.42. The van der Waals surface area contributed by atoms with Crippen molar-refractivity contribution in [2.75, 3.05) is 31.6 Å². The number of piperidine rings is 1. The number of amides is 1. The molecule has 0 N–H and O–H groups in total. The summed E-state index contributed by atoms with van der Waals surface area (Å²) in [6.07, 6.45) is 3.90. The minimum Gasteiger partial charge on any atom is -0.484 e. The van der Waals surface area contributed by atoms with Crippen LogP contribution in [-0.4, -0.2) is 37.6 Å². The zero-order chi connectivity index (χ0) is 17.5. The Morgan fingerprint density at radius 2 is 1.68 bits per heavy atom. The highest BCUT2D eigenvalue weighted by molar-refractivity contribution is 5.77. The maximum Gasteiger partial charge on any atom is 0.260 e. The standard InChI is InChI=1S/C21H26N2O2/c1-22(21(24)17-25-20-8-4-2-5-9-20)16-18-10-12-19(13-11-18)23-14-6-3-7-15-23/h2,4-5,8-13H,3,6-7,14-17H2,1H3. The van der Waals surface area contributed by atoms with Crippen LogP contribution < -0.4 is 9.64 Å². The van der Waals surface area contributed by atoms with Crippen LogP contribution in [0, 0.1) is 0 Å². The summed E-state index contributed by atoms with van der Waals surface area (Å²) in [7, 11) is 1.81. The number of carbonyl (C=O) groups is 1. The number of likely N-dealkylation sites (N-methyl/N-ethyl adjacent to an activating group) is 1. The number of benzene rings is 2. The summed E-state index contributed by atoms with van der Waals surface area (Å²) < 4.78 is 5.53. The number of nitrogens with zero attached hydrogens (tertiary/aromatic N) is 2. The molecule has 4 heteroatoms. The minimum absolute atomic E-state index is 0.0241. The Hall–Kier alpha value is -2.49. The fourth-order valence-electron chi connectivity index (χ4n) is 3.10. The molecular formula is C21H26N2O2. The first-order valence-corrected chi connectivity index (χ1v) is 8.98. The lowest BCUT2D eigenvalue weighted by atomic mass is 10.1. The molecule has 0 aromatic heterocycles. The monoisotopic (exact) mass is 338 g/mol. The summed E-state index contributed by atoms with van der Waals surface area (Å²) in [6, 6.07) is 18.0. The second-order valence-electron chi connectivity index (χ2n) is 6.57. The van der Waals surface area contributed by atoms with Gasteiger partial charge in [-0.3, -0.25) is 4.79 Å². The Morgan fingerprint density at radius 1 is 1.00 bits per heavy atom. The van der Waals surface area contributed by atoms with Crippen LogP contribution in [0.15, 0.2) is 54.6 Å². The molecule has 25 heavy (non-hydrogen) atoms. The van der Waals surface area contributed by atoms with Gasteiger partial charge in [0, 0.05) is 32.4 Å². The number of hydrogen-bond acceptors (Lipinski definition) is 3. The van der Waals surface area contributed by atoms with Crippen LogP contribution in [0.5, 0.6) is 5.75 Å². The van der Waals surface area contributed by atoms with E-state index in [9.17, 15) is 4.79 Å². The molecule has 1 heterocycles. The topological polar surface area (TPSA) is 32.8 Å². The predicted molar refractivity (Wildman–Crippen MR) is 101 cm³/mol. The number of ether oxygens (including phenoxy) is 1. The third-order valence-electron chi connectivity index (χ3n) is 4.61. The maximum atomic E-state index is 12.2. The fourth-order valence-corrected chi connectivity index (χ4v) is 3.10. The van der Waals surface area contributed by atoms with Crippen molar-refractivity contribution in [3.63, 3.8) is 0 Å². The average Bonchev–Trinajstić information content (AvgIpc) is 2.68. The van der Waals surface area contributed by atoms with Gasteiger partial charge in [-0.05, 0) is 49.1 Å². The van der Waals surface area contributed by atoms with E-state index in [4.69, 9.17) is 4.74 Å². The molecular weight excluding hydrogens is 312 g/mol. The molecule has 0 bridgehead atoms. The van der Waals surface area contributed by atoms with Gasteiger partial charge in [0.05, 0.1) is 0 Å². The average molecular weight is 338 g/mol. The molecule has 0 radical (unpaired) electrons. The molecule has 0 saturated carbocycles. The molecule has 1 saturated heterocycles. The molecule has 1 aliphatic rings.